The zero-order valence-electron chi connectivity index (χ0n) is 12.3. The Kier molecular flexibility index (Phi) is 5.54. The van der Waals surface area contributed by atoms with Gasteiger partial charge in [0.25, 0.3) is 5.91 Å². The lowest BCUT2D eigenvalue weighted by Crippen LogP contribution is -2.44. The first kappa shape index (κ1) is 17.0. The molecule has 2 aliphatic rings. The molecule has 21 heavy (non-hydrogen) atoms. The molecular weight excluding hydrogens is 399 g/mol. The van der Waals surface area contributed by atoms with Crippen molar-refractivity contribution in [3.8, 4) is 0 Å². The first-order chi connectivity index (χ1) is 9.60. The molecule has 1 spiro atoms. The van der Waals surface area contributed by atoms with Crippen LogP contribution in [0.2, 0.25) is 0 Å². The summed E-state index contributed by atoms with van der Waals surface area (Å²) in [6.45, 7) is 6.14. The van der Waals surface area contributed by atoms with Crippen LogP contribution in [-0.2, 0) is 0 Å². The van der Waals surface area contributed by atoms with Crippen LogP contribution in [0.3, 0.4) is 0 Å². The minimum absolute atomic E-state index is 0. The lowest BCUT2D eigenvalue weighted by atomic mass is 9.78. The highest BCUT2D eigenvalue weighted by Crippen LogP contribution is 2.37. The summed E-state index contributed by atoms with van der Waals surface area (Å²) in [4.78, 5) is 14.7. The summed E-state index contributed by atoms with van der Waals surface area (Å²) in [5.41, 5.74) is 2.49. The summed E-state index contributed by atoms with van der Waals surface area (Å²) >= 11 is 2.26. The van der Waals surface area contributed by atoms with Crippen LogP contribution in [0.5, 0.6) is 0 Å². The van der Waals surface area contributed by atoms with Crippen molar-refractivity contribution >= 4 is 40.9 Å². The molecule has 0 aromatic heterocycles. The Morgan fingerprint density at radius 2 is 2.00 bits per heavy atom. The van der Waals surface area contributed by atoms with E-state index in [1.807, 2.05) is 24.0 Å². The van der Waals surface area contributed by atoms with Crippen molar-refractivity contribution < 1.29 is 4.79 Å². The maximum absolute atomic E-state index is 12.7. The molecule has 3 nitrogen and oxygen atoms in total. The molecule has 0 unspecified atom stereocenters. The van der Waals surface area contributed by atoms with Gasteiger partial charge in [0.2, 0.25) is 0 Å². The van der Waals surface area contributed by atoms with E-state index in [2.05, 4.69) is 34.0 Å². The molecule has 1 amide bonds. The number of benzene rings is 1. The molecule has 0 radical (unpaired) electrons. The predicted octanol–water partition coefficient (Wildman–Crippen LogP) is 3.24. The first-order valence-electron chi connectivity index (χ1n) is 7.36. The van der Waals surface area contributed by atoms with E-state index < -0.39 is 0 Å². The lowest BCUT2D eigenvalue weighted by molar-refractivity contribution is 0.0606. The molecule has 2 heterocycles. The molecule has 2 saturated heterocycles. The predicted molar refractivity (Wildman–Crippen MR) is 96.2 cm³/mol. The lowest BCUT2D eigenvalue weighted by Gasteiger charge is -2.39. The van der Waals surface area contributed by atoms with Gasteiger partial charge in [-0.05, 0) is 72.9 Å². The summed E-state index contributed by atoms with van der Waals surface area (Å²) in [6, 6.07) is 6.12. The van der Waals surface area contributed by atoms with E-state index in [9.17, 15) is 4.79 Å². The minimum atomic E-state index is 0. The Bertz CT molecular complexity index is 519. The van der Waals surface area contributed by atoms with Crippen LogP contribution in [-0.4, -0.2) is 37.0 Å². The quantitative estimate of drug-likeness (QED) is 0.708. The Labute approximate surface area is 146 Å². The molecular formula is C16H22ClIN2O. The van der Waals surface area contributed by atoms with Crippen molar-refractivity contribution in [1.29, 1.82) is 0 Å². The highest BCUT2D eigenvalue weighted by molar-refractivity contribution is 14.1. The molecule has 5 heteroatoms. The fourth-order valence-corrected chi connectivity index (χ4v) is 3.95. The largest absolute Gasteiger partial charge is 0.339 e. The van der Waals surface area contributed by atoms with E-state index in [4.69, 9.17) is 0 Å². The maximum Gasteiger partial charge on any atom is 0.254 e. The number of rotatable bonds is 1. The summed E-state index contributed by atoms with van der Waals surface area (Å²) in [5, 5.41) is 3.47. The number of carbonyl (C=O) groups is 1. The van der Waals surface area contributed by atoms with Gasteiger partial charge in [0, 0.05) is 23.2 Å². The standard InChI is InChI=1S/C16H21IN2O.ClH/c1-12-2-3-14(17)13(10-12)15(20)19-8-5-16(6-9-19)4-7-18-11-16;/h2-3,10,18H,4-9,11H2,1H3;1H. The molecule has 1 N–H and O–H groups in total. The third kappa shape index (κ3) is 3.54. The van der Waals surface area contributed by atoms with Crippen molar-refractivity contribution in [1.82, 2.24) is 10.2 Å². The molecule has 2 fully saturated rings. The van der Waals surface area contributed by atoms with Crippen LogP contribution in [0.15, 0.2) is 18.2 Å². The highest BCUT2D eigenvalue weighted by atomic mass is 127. The second-order valence-electron chi connectivity index (χ2n) is 6.20. The van der Waals surface area contributed by atoms with Gasteiger partial charge in [-0.15, -0.1) is 12.4 Å². The smallest absolute Gasteiger partial charge is 0.254 e. The fourth-order valence-electron chi connectivity index (χ4n) is 3.38. The van der Waals surface area contributed by atoms with Gasteiger partial charge in [0.05, 0.1) is 5.56 Å². The Morgan fingerprint density at radius 3 is 2.62 bits per heavy atom. The number of hydrogen-bond acceptors (Lipinski definition) is 2. The van der Waals surface area contributed by atoms with E-state index in [0.717, 1.165) is 53.7 Å². The third-order valence-corrected chi connectivity index (χ3v) is 5.74. The Morgan fingerprint density at radius 1 is 1.29 bits per heavy atom. The second-order valence-corrected chi connectivity index (χ2v) is 7.36. The van der Waals surface area contributed by atoms with Gasteiger partial charge in [-0.1, -0.05) is 11.6 Å². The van der Waals surface area contributed by atoms with E-state index in [1.165, 1.54) is 6.42 Å². The highest BCUT2D eigenvalue weighted by Gasteiger charge is 2.38. The van der Waals surface area contributed by atoms with Gasteiger partial charge in [-0.2, -0.15) is 0 Å². The van der Waals surface area contributed by atoms with Crippen molar-refractivity contribution in [2.75, 3.05) is 26.2 Å². The van der Waals surface area contributed by atoms with Gasteiger partial charge in [0.15, 0.2) is 0 Å². The molecule has 0 aliphatic carbocycles. The van der Waals surface area contributed by atoms with Crippen LogP contribution < -0.4 is 5.32 Å². The molecule has 1 aromatic carbocycles. The van der Waals surface area contributed by atoms with Crippen molar-refractivity contribution in [2.45, 2.75) is 26.2 Å². The van der Waals surface area contributed by atoms with E-state index >= 15 is 0 Å². The number of hydrogen-bond donors (Lipinski definition) is 1. The van der Waals surface area contributed by atoms with Gasteiger partial charge >= 0.3 is 0 Å². The van der Waals surface area contributed by atoms with Crippen LogP contribution in [0.4, 0.5) is 0 Å². The van der Waals surface area contributed by atoms with E-state index in [0.29, 0.717) is 5.41 Å². The number of nitrogens with zero attached hydrogens (tertiary/aromatic N) is 1. The van der Waals surface area contributed by atoms with Gasteiger partial charge < -0.3 is 10.2 Å². The van der Waals surface area contributed by atoms with Crippen LogP contribution in [0.25, 0.3) is 0 Å². The molecule has 0 bridgehead atoms. The van der Waals surface area contributed by atoms with Crippen molar-refractivity contribution in [2.24, 2.45) is 5.41 Å². The average molecular weight is 421 g/mol. The first-order valence-corrected chi connectivity index (χ1v) is 8.44. The summed E-state index contributed by atoms with van der Waals surface area (Å²) < 4.78 is 1.06. The van der Waals surface area contributed by atoms with Crippen molar-refractivity contribution in [3.63, 3.8) is 0 Å². The topological polar surface area (TPSA) is 32.3 Å². The molecule has 1 aromatic rings. The number of piperidine rings is 1. The van der Waals surface area contributed by atoms with Crippen LogP contribution >= 0.6 is 35.0 Å². The van der Waals surface area contributed by atoms with Gasteiger partial charge in [0.1, 0.15) is 0 Å². The third-order valence-electron chi connectivity index (χ3n) is 4.80. The Balaban J connectivity index is 0.00000161. The van der Waals surface area contributed by atoms with E-state index in [1.54, 1.807) is 0 Å². The molecule has 2 aliphatic heterocycles. The van der Waals surface area contributed by atoms with Crippen LogP contribution in [0, 0.1) is 15.9 Å². The zero-order chi connectivity index (χ0) is 14.2. The average Bonchev–Trinajstić information content (AvgIpc) is 2.90. The normalized spacial score (nSPS) is 20.4. The van der Waals surface area contributed by atoms with Crippen LogP contribution in [0.1, 0.15) is 35.2 Å². The number of carbonyl (C=O) groups excluding carboxylic acids is 1. The zero-order valence-corrected chi connectivity index (χ0v) is 15.3. The minimum Gasteiger partial charge on any atom is -0.339 e. The number of aryl methyl sites for hydroxylation is 1. The summed E-state index contributed by atoms with van der Waals surface area (Å²) in [5.74, 6) is 0.207. The summed E-state index contributed by atoms with van der Waals surface area (Å²) in [7, 11) is 0. The number of halogens is 2. The van der Waals surface area contributed by atoms with Crippen molar-refractivity contribution in [3.05, 3.63) is 32.9 Å². The fraction of sp³-hybridized carbons (Fsp3) is 0.562. The monoisotopic (exact) mass is 420 g/mol. The summed E-state index contributed by atoms with van der Waals surface area (Å²) in [6.07, 6.45) is 3.57. The maximum atomic E-state index is 12.7. The number of nitrogens with one attached hydrogen (secondary N) is 1. The molecule has 0 saturated carbocycles. The van der Waals surface area contributed by atoms with Gasteiger partial charge in [-0.25, -0.2) is 0 Å². The SMILES string of the molecule is Cc1ccc(I)c(C(=O)N2CCC3(CCNC3)CC2)c1.Cl. The second kappa shape index (κ2) is 6.84. The van der Waals surface area contributed by atoms with Gasteiger partial charge in [-0.3, -0.25) is 4.79 Å². The molecule has 116 valence electrons. The molecule has 0 atom stereocenters. The molecule has 3 rings (SSSR count). The Hall–Kier alpha value is -0.330. The number of amides is 1. The van der Waals surface area contributed by atoms with E-state index in [-0.39, 0.29) is 18.3 Å². The number of likely N-dealkylation sites (tertiary alicyclic amines) is 1.